The molecule has 3 unspecified atom stereocenters. The largest absolute Gasteiger partial charge is 0.372 e. The average molecular weight is 386 g/mol. The van der Waals surface area contributed by atoms with Gasteiger partial charge >= 0.3 is 0 Å². The van der Waals surface area contributed by atoms with Crippen molar-refractivity contribution in [3.63, 3.8) is 0 Å². The molecule has 3 atom stereocenters. The Kier molecular flexibility index (Phi) is 7.02. The molecular weight excluding hydrogens is 358 g/mol. The lowest BCUT2D eigenvalue weighted by atomic mass is 9.88. The Morgan fingerprint density at radius 1 is 1.35 bits per heavy atom. The number of nitrogens with zero attached hydrogens (tertiary/aromatic N) is 3. The van der Waals surface area contributed by atoms with Gasteiger partial charge in [0.15, 0.2) is 0 Å². The maximum atomic E-state index is 12.4. The molecule has 1 aromatic heterocycles. The predicted octanol–water partition coefficient (Wildman–Crippen LogP) is 0.735. The molecule has 0 spiro atoms. The van der Waals surface area contributed by atoms with E-state index in [1.165, 1.54) is 0 Å². The van der Waals surface area contributed by atoms with Crippen molar-refractivity contribution >= 4 is 29.9 Å². The van der Waals surface area contributed by atoms with Crippen LogP contribution < -0.4 is 10.6 Å². The summed E-state index contributed by atoms with van der Waals surface area (Å²) in [7, 11) is 0. The molecule has 3 rings (SSSR count). The zero-order chi connectivity index (χ0) is 18.0. The molecule has 2 aliphatic rings. The Hall–Kier alpha value is -1.64. The molecule has 26 heavy (non-hydrogen) atoms. The minimum Gasteiger partial charge on any atom is -0.372 e. The second-order valence-corrected chi connectivity index (χ2v) is 7.18. The van der Waals surface area contributed by atoms with Gasteiger partial charge in [-0.1, -0.05) is 6.92 Å². The number of ether oxygens (including phenoxy) is 1. The summed E-state index contributed by atoms with van der Waals surface area (Å²) in [6.45, 7) is 9.01. The van der Waals surface area contributed by atoms with Gasteiger partial charge in [0.25, 0.3) is 0 Å². The third kappa shape index (κ3) is 4.96. The fraction of sp³-hybridized carbons (Fsp3) is 0.706. The van der Waals surface area contributed by atoms with E-state index in [0.29, 0.717) is 24.7 Å². The first-order chi connectivity index (χ1) is 11.9. The molecule has 2 fully saturated rings. The van der Waals surface area contributed by atoms with Gasteiger partial charge in [-0.15, -0.1) is 12.4 Å². The van der Waals surface area contributed by atoms with Crippen LogP contribution in [0.1, 0.15) is 20.8 Å². The number of anilines is 1. The maximum absolute atomic E-state index is 12.4. The standard InChI is InChI=1S/C17H27N5O3.ClH/c1-11-7-21(8-12(2)25-11)16(23)10-22-9-15(6-19-22)20-17(24)13(3)14-4-18-5-14;/h6,9,11-14,18H,4-5,7-8,10H2,1-3H3,(H,20,24);1H. The number of amides is 2. The first kappa shape index (κ1) is 20.7. The predicted molar refractivity (Wildman–Crippen MR) is 100 cm³/mol. The van der Waals surface area contributed by atoms with E-state index in [0.717, 1.165) is 13.1 Å². The van der Waals surface area contributed by atoms with E-state index in [1.54, 1.807) is 17.1 Å². The normalized spacial score (nSPS) is 24.3. The van der Waals surface area contributed by atoms with Gasteiger partial charge < -0.3 is 20.3 Å². The quantitative estimate of drug-likeness (QED) is 0.780. The number of halogens is 1. The molecule has 0 aliphatic carbocycles. The van der Waals surface area contributed by atoms with Crippen LogP contribution in [0.4, 0.5) is 5.69 Å². The summed E-state index contributed by atoms with van der Waals surface area (Å²) in [4.78, 5) is 26.5. The fourth-order valence-electron chi connectivity index (χ4n) is 3.27. The van der Waals surface area contributed by atoms with Crippen LogP contribution in [0.3, 0.4) is 0 Å². The number of aromatic nitrogens is 2. The van der Waals surface area contributed by atoms with Crippen molar-refractivity contribution in [1.29, 1.82) is 0 Å². The lowest BCUT2D eigenvalue weighted by molar-refractivity contribution is -0.144. The van der Waals surface area contributed by atoms with Crippen LogP contribution in [0.5, 0.6) is 0 Å². The third-order valence-corrected chi connectivity index (χ3v) is 4.90. The molecule has 2 amide bonds. The summed E-state index contributed by atoms with van der Waals surface area (Å²) in [5.74, 6) is 0.356. The number of hydrogen-bond donors (Lipinski definition) is 2. The van der Waals surface area contributed by atoms with Gasteiger partial charge in [0, 0.05) is 25.2 Å². The number of carbonyl (C=O) groups is 2. The second kappa shape index (κ2) is 8.83. The van der Waals surface area contributed by atoms with Crippen molar-refractivity contribution in [3.8, 4) is 0 Å². The molecule has 146 valence electrons. The first-order valence-corrected chi connectivity index (χ1v) is 8.89. The van der Waals surface area contributed by atoms with E-state index >= 15 is 0 Å². The van der Waals surface area contributed by atoms with Crippen LogP contribution in [0.2, 0.25) is 0 Å². The van der Waals surface area contributed by atoms with Crippen LogP contribution in [-0.2, 0) is 20.9 Å². The Morgan fingerprint density at radius 3 is 2.58 bits per heavy atom. The van der Waals surface area contributed by atoms with Gasteiger partial charge in [-0.25, -0.2) is 0 Å². The highest BCUT2D eigenvalue weighted by atomic mass is 35.5. The Labute approximate surface area is 160 Å². The van der Waals surface area contributed by atoms with Crippen LogP contribution in [0.25, 0.3) is 0 Å². The number of nitrogens with one attached hydrogen (secondary N) is 2. The smallest absolute Gasteiger partial charge is 0.244 e. The Bertz CT molecular complexity index is 624. The van der Waals surface area contributed by atoms with Gasteiger partial charge in [-0.3, -0.25) is 14.3 Å². The van der Waals surface area contributed by atoms with Gasteiger partial charge in [-0.05, 0) is 32.9 Å². The lowest BCUT2D eigenvalue weighted by Gasteiger charge is -2.35. The van der Waals surface area contributed by atoms with Crippen molar-refractivity contribution in [1.82, 2.24) is 20.0 Å². The minimum absolute atomic E-state index is 0. The van der Waals surface area contributed by atoms with E-state index in [9.17, 15) is 9.59 Å². The van der Waals surface area contributed by atoms with E-state index < -0.39 is 0 Å². The SMILES string of the molecule is CC1CN(C(=O)Cn2cc(NC(=O)C(C)C3CNC3)cn2)CC(C)O1.Cl. The van der Waals surface area contributed by atoms with E-state index in [-0.39, 0.29) is 48.9 Å². The zero-order valence-electron chi connectivity index (χ0n) is 15.5. The highest BCUT2D eigenvalue weighted by molar-refractivity contribution is 5.92. The topological polar surface area (TPSA) is 88.5 Å². The number of carbonyl (C=O) groups excluding carboxylic acids is 2. The van der Waals surface area contributed by atoms with Gasteiger partial charge in [0.1, 0.15) is 6.54 Å². The number of morpholine rings is 1. The summed E-state index contributed by atoms with van der Waals surface area (Å²) in [5.41, 5.74) is 0.626. The van der Waals surface area contributed by atoms with Gasteiger partial charge in [-0.2, -0.15) is 5.10 Å². The molecule has 0 bridgehead atoms. The fourth-order valence-corrected chi connectivity index (χ4v) is 3.27. The zero-order valence-corrected chi connectivity index (χ0v) is 16.3. The molecule has 0 radical (unpaired) electrons. The van der Waals surface area contributed by atoms with Crippen molar-refractivity contribution in [3.05, 3.63) is 12.4 Å². The Balaban J connectivity index is 0.00000243. The molecule has 1 aromatic rings. The van der Waals surface area contributed by atoms with Crippen molar-refractivity contribution in [2.45, 2.75) is 39.5 Å². The van der Waals surface area contributed by atoms with Crippen LogP contribution in [-0.4, -0.2) is 64.9 Å². The first-order valence-electron chi connectivity index (χ1n) is 8.89. The summed E-state index contributed by atoms with van der Waals surface area (Å²) >= 11 is 0. The van der Waals surface area contributed by atoms with E-state index in [4.69, 9.17) is 4.74 Å². The van der Waals surface area contributed by atoms with Crippen LogP contribution >= 0.6 is 12.4 Å². The average Bonchev–Trinajstić information content (AvgIpc) is 2.91. The molecule has 2 N–H and O–H groups in total. The highest BCUT2D eigenvalue weighted by Crippen LogP contribution is 2.18. The monoisotopic (exact) mass is 385 g/mol. The number of rotatable bonds is 5. The maximum Gasteiger partial charge on any atom is 0.244 e. The molecule has 8 nitrogen and oxygen atoms in total. The summed E-state index contributed by atoms with van der Waals surface area (Å²) in [6.07, 6.45) is 3.38. The third-order valence-electron chi connectivity index (χ3n) is 4.90. The number of hydrogen-bond acceptors (Lipinski definition) is 5. The summed E-state index contributed by atoms with van der Waals surface area (Å²) in [5, 5.41) is 10.3. The second-order valence-electron chi connectivity index (χ2n) is 7.18. The molecule has 9 heteroatoms. The van der Waals surface area contributed by atoms with E-state index in [1.807, 2.05) is 25.7 Å². The molecule has 0 aromatic carbocycles. The van der Waals surface area contributed by atoms with Crippen molar-refractivity contribution in [2.24, 2.45) is 11.8 Å². The highest BCUT2D eigenvalue weighted by Gasteiger charge is 2.29. The lowest BCUT2D eigenvalue weighted by Crippen LogP contribution is -2.49. The summed E-state index contributed by atoms with van der Waals surface area (Å²) in [6, 6.07) is 0. The molecule has 2 saturated heterocycles. The molecule has 2 aliphatic heterocycles. The minimum atomic E-state index is -0.0393. The van der Waals surface area contributed by atoms with Crippen LogP contribution in [0.15, 0.2) is 12.4 Å². The molecule has 0 saturated carbocycles. The van der Waals surface area contributed by atoms with Crippen LogP contribution in [0, 0.1) is 11.8 Å². The van der Waals surface area contributed by atoms with Crippen molar-refractivity contribution < 1.29 is 14.3 Å². The van der Waals surface area contributed by atoms with Gasteiger partial charge in [0.05, 0.1) is 24.1 Å². The molecular formula is C17H28ClN5O3. The van der Waals surface area contributed by atoms with Crippen molar-refractivity contribution in [2.75, 3.05) is 31.5 Å². The summed E-state index contributed by atoms with van der Waals surface area (Å²) < 4.78 is 7.22. The van der Waals surface area contributed by atoms with E-state index in [2.05, 4.69) is 15.7 Å². The molecule has 3 heterocycles. The Morgan fingerprint density at radius 2 is 2.00 bits per heavy atom. The van der Waals surface area contributed by atoms with Gasteiger partial charge in [0.2, 0.25) is 11.8 Å².